The molecule has 102 valence electrons. The molecule has 2 atom stereocenters. The third kappa shape index (κ3) is 3.67. The highest BCUT2D eigenvalue weighted by atomic mass is 32.1. The number of amides is 2. The Labute approximate surface area is 117 Å². The van der Waals surface area contributed by atoms with Crippen LogP contribution < -0.4 is 10.6 Å². The van der Waals surface area contributed by atoms with Crippen molar-refractivity contribution in [2.24, 2.45) is 5.92 Å². The fourth-order valence-corrected chi connectivity index (χ4v) is 2.97. The predicted molar refractivity (Wildman–Crippen MR) is 75.1 cm³/mol. The molecule has 1 aromatic heterocycles. The van der Waals surface area contributed by atoms with Gasteiger partial charge in [0.25, 0.3) is 0 Å². The van der Waals surface area contributed by atoms with Crippen LogP contribution in [0.3, 0.4) is 0 Å². The maximum absolute atomic E-state index is 11.8. The molecule has 0 aliphatic heterocycles. The maximum atomic E-state index is 11.8. The first kappa shape index (κ1) is 13.8. The van der Waals surface area contributed by atoms with Gasteiger partial charge in [-0.1, -0.05) is 13.8 Å². The molecule has 0 bridgehead atoms. The monoisotopic (exact) mass is 278 g/mol. The van der Waals surface area contributed by atoms with Crippen molar-refractivity contribution in [3.8, 4) is 6.07 Å². The summed E-state index contributed by atoms with van der Waals surface area (Å²) in [7, 11) is 0. The number of carbonyl (C=O) groups excluding carboxylic acids is 1. The van der Waals surface area contributed by atoms with Crippen molar-refractivity contribution in [3.05, 3.63) is 11.1 Å². The van der Waals surface area contributed by atoms with E-state index in [1.54, 1.807) is 6.20 Å². The van der Waals surface area contributed by atoms with Gasteiger partial charge in [-0.15, -0.1) is 11.3 Å². The molecular formula is C13H18N4OS. The fourth-order valence-electron chi connectivity index (χ4n) is 2.16. The van der Waals surface area contributed by atoms with Crippen molar-refractivity contribution in [1.29, 1.82) is 5.26 Å². The summed E-state index contributed by atoms with van der Waals surface area (Å²) >= 11 is 1.50. The van der Waals surface area contributed by atoms with Gasteiger partial charge in [0.15, 0.2) is 5.13 Å². The molecule has 1 aromatic rings. The van der Waals surface area contributed by atoms with E-state index in [9.17, 15) is 4.79 Å². The standard InChI is InChI=1S/C13H18N4OS/c1-8(2)11-7-15-13(19-11)17-12(18)16-10-4-3-9(5-10)6-14/h7-10H,3-5H2,1-2H3,(H2,15,16,17,18). The van der Waals surface area contributed by atoms with Crippen LogP contribution in [0.15, 0.2) is 6.20 Å². The molecule has 6 heteroatoms. The van der Waals surface area contributed by atoms with Gasteiger partial charge >= 0.3 is 6.03 Å². The largest absolute Gasteiger partial charge is 0.335 e. The summed E-state index contributed by atoms with van der Waals surface area (Å²) in [6, 6.07) is 2.13. The Kier molecular flexibility index (Phi) is 4.38. The number of hydrogen-bond acceptors (Lipinski definition) is 4. The molecule has 0 radical (unpaired) electrons. The Morgan fingerprint density at radius 3 is 2.95 bits per heavy atom. The van der Waals surface area contributed by atoms with Crippen LogP contribution in [0.5, 0.6) is 0 Å². The average Bonchev–Trinajstić information content (AvgIpc) is 2.98. The third-order valence-electron chi connectivity index (χ3n) is 3.26. The Morgan fingerprint density at radius 2 is 2.37 bits per heavy atom. The number of aromatic nitrogens is 1. The Morgan fingerprint density at radius 1 is 1.58 bits per heavy atom. The molecule has 2 amide bonds. The lowest BCUT2D eigenvalue weighted by molar-refractivity contribution is 0.248. The second-order valence-electron chi connectivity index (χ2n) is 5.16. The van der Waals surface area contributed by atoms with Crippen molar-refractivity contribution in [2.45, 2.75) is 45.1 Å². The smallest absolute Gasteiger partial charge is 0.321 e. The molecule has 0 saturated heterocycles. The van der Waals surface area contributed by atoms with E-state index >= 15 is 0 Å². The van der Waals surface area contributed by atoms with Crippen LogP contribution in [0.2, 0.25) is 0 Å². The minimum atomic E-state index is -0.228. The zero-order valence-electron chi connectivity index (χ0n) is 11.1. The van der Waals surface area contributed by atoms with E-state index < -0.39 is 0 Å². The van der Waals surface area contributed by atoms with Gasteiger partial charge in [-0.25, -0.2) is 9.78 Å². The van der Waals surface area contributed by atoms with E-state index in [1.807, 2.05) is 0 Å². The SMILES string of the molecule is CC(C)c1cnc(NC(=O)NC2CCC(C#N)C2)s1. The molecule has 2 rings (SSSR count). The Balaban J connectivity index is 1.83. The van der Waals surface area contributed by atoms with Gasteiger partial charge in [-0.3, -0.25) is 5.32 Å². The molecule has 1 fully saturated rings. The first-order valence-corrected chi connectivity index (χ1v) is 7.33. The Bertz CT molecular complexity index is 491. The van der Waals surface area contributed by atoms with Gasteiger partial charge in [0.1, 0.15) is 0 Å². The lowest BCUT2D eigenvalue weighted by Crippen LogP contribution is -2.36. The number of urea groups is 1. The van der Waals surface area contributed by atoms with Gasteiger partial charge < -0.3 is 5.32 Å². The van der Waals surface area contributed by atoms with Gasteiger partial charge in [-0.05, 0) is 25.2 Å². The number of rotatable bonds is 3. The predicted octanol–water partition coefficient (Wildman–Crippen LogP) is 3.08. The van der Waals surface area contributed by atoms with E-state index in [0.717, 1.165) is 24.1 Å². The van der Waals surface area contributed by atoms with E-state index in [4.69, 9.17) is 5.26 Å². The van der Waals surface area contributed by atoms with Crippen molar-refractivity contribution >= 4 is 22.5 Å². The number of nitrogens with zero attached hydrogens (tertiary/aromatic N) is 2. The van der Waals surface area contributed by atoms with Crippen molar-refractivity contribution in [3.63, 3.8) is 0 Å². The summed E-state index contributed by atoms with van der Waals surface area (Å²) in [6.07, 6.45) is 4.29. The third-order valence-corrected chi connectivity index (χ3v) is 4.48. The first-order chi connectivity index (χ1) is 9.08. The summed E-state index contributed by atoms with van der Waals surface area (Å²) in [4.78, 5) is 17.1. The van der Waals surface area contributed by atoms with Crippen LogP contribution in [0.4, 0.5) is 9.93 Å². The number of carbonyl (C=O) groups is 1. The fraction of sp³-hybridized carbons (Fsp3) is 0.615. The molecule has 19 heavy (non-hydrogen) atoms. The zero-order valence-corrected chi connectivity index (χ0v) is 12.0. The van der Waals surface area contributed by atoms with Crippen molar-refractivity contribution < 1.29 is 4.79 Å². The highest BCUT2D eigenvalue weighted by Crippen LogP contribution is 2.26. The van der Waals surface area contributed by atoms with Crippen molar-refractivity contribution in [1.82, 2.24) is 10.3 Å². The maximum Gasteiger partial charge on any atom is 0.321 e. The number of nitriles is 1. The lowest BCUT2D eigenvalue weighted by atomic mass is 10.1. The summed E-state index contributed by atoms with van der Waals surface area (Å²) in [6.45, 7) is 4.19. The van der Waals surface area contributed by atoms with E-state index in [-0.39, 0.29) is 18.0 Å². The molecule has 0 spiro atoms. The molecule has 2 unspecified atom stereocenters. The first-order valence-electron chi connectivity index (χ1n) is 6.51. The van der Waals surface area contributed by atoms with Crippen LogP contribution in [-0.4, -0.2) is 17.1 Å². The molecular weight excluding hydrogens is 260 g/mol. The number of anilines is 1. The topological polar surface area (TPSA) is 77.8 Å². The van der Waals surface area contributed by atoms with E-state index in [0.29, 0.717) is 11.0 Å². The summed E-state index contributed by atoms with van der Waals surface area (Å²) in [5.41, 5.74) is 0. The minimum Gasteiger partial charge on any atom is -0.335 e. The van der Waals surface area contributed by atoms with Gasteiger partial charge in [0.2, 0.25) is 0 Å². The summed E-state index contributed by atoms with van der Waals surface area (Å²) < 4.78 is 0. The lowest BCUT2D eigenvalue weighted by Gasteiger charge is -2.11. The number of thiazole rings is 1. The van der Waals surface area contributed by atoms with Crippen LogP contribution in [-0.2, 0) is 0 Å². The second kappa shape index (κ2) is 6.02. The quantitative estimate of drug-likeness (QED) is 0.891. The van der Waals surface area contributed by atoms with Crippen LogP contribution in [0.1, 0.15) is 43.9 Å². The highest BCUT2D eigenvalue weighted by Gasteiger charge is 2.25. The van der Waals surface area contributed by atoms with Gasteiger partial charge in [-0.2, -0.15) is 5.26 Å². The normalized spacial score (nSPS) is 22.2. The number of hydrogen-bond donors (Lipinski definition) is 2. The second-order valence-corrected chi connectivity index (χ2v) is 6.22. The molecule has 2 N–H and O–H groups in total. The van der Waals surface area contributed by atoms with Gasteiger partial charge in [0, 0.05) is 23.0 Å². The molecule has 1 aliphatic carbocycles. The summed E-state index contributed by atoms with van der Waals surface area (Å²) in [5, 5.41) is 15.1. The highest BCUT2D eigenvalue weighted by molar-refractivity contribution is 7.15. The molecule has 0 aromatic carbocycles. The van der Waals surface area contributed by atoms with Gasteiger partial charge in [0.05, 0.1) is 6.07 Å². The minimum absolute atomic E-state index is 0.0812. The molecule has 1 saturated carbocycles. The zero-order chi connectivity index (χ0) is 13.8. The molecule has 5 nitrogen and oxygen atoms in total. The Hall–Kier alpha value is -1.61. The number of nitrogens with one attached hydrogen (secondary N) is 2. The van der Waals surface area contributed by atoms with E-state index in [2.05, 4.69) is 35.5 Å². The van der Waals surface area contributed by atoms with Crippen LogP contribution in [0.25, 0.3) is 0 Å². The summed E-state index contributed by atoms with van der Waals surface area (Å²) in [5.74, 6) is 0.500. The van der Waals surface area contributed by atoms with Crippen molar-refractivity contribution in [2.75, 3.05) is 5.32 Å². The van der Waals surface area contributed by atoms with Crippen LogP contribution >= 0.6 is 11.3 Å². The van der Waals surface area contributed by atoms with Crippen LogP contribution in [0, 0.1) is 17.2 Å². The van der Waals surface area contributed by atoms with E-state index in [1.165, 1.54) is 11.3 Å². The average molecular weight is 278 g/mol. The molecule has 1 heterocycles. The molecule has 1 aliphatic rings.